The van der Waals surface area contributed by atoms with Crippen LogP contribution in [0, 0.1) is 12.3 Å². The Labute approximate surface area is 120 Å². The fourth-order valence-corrected chi connectivity index (χ4v) is 2.94. The van der Waals surface area contributed by atoms with Gasteiger partial charge in [-0.2, -0.15) is 0 Å². The van der Waals surface area contributed by atoms with Crippen molar-refractivity contribution >= 4 is 31.9 Å². The number of halogens is 2. The molecule has 1 atom stereocenters. The van der Waals surface area contributed by atoms with Crippen LogP contribution in [0.2, 0.25) is 0 Å². The molecule has 1 N–H and O–H groups in total. The maximum Gasteiger partial charge on any atom is 0.0715 e. The Morgan fingerprint density at radius 1 is 1.53 bits per heavy atom. The summed E-state index contributed by atoms with van der Waals surface area (Å²) in [7, 11) is 0. The first kappa shape index (κ1) is 14.7. The van der Waals surface area contributed by atoms with Crippen molar-refractivity contribution < 1.29 is 0 Å². The third-order valence-electron chi connectivity index (χ3n) is 2.43. The summed E-state index contributed by atoms with van der Waals surface area (Å²) < 4.78 is 2.01. The van der Waals surface area contributed by atoms with Crippen molar-refractivity contribution in [3.8, 4) is 12.3 Å². The lowest BCUT2D eigenvalue weighted by atomic mass is 10.1. The lowest BCUT2D eigenvalue weighted by Crippen LogP contribution is -2.22. The van der Waals surface area contributed by atoms with Gasteiger partial charge in [0, 0.05) is 21.6 Å². The molecule has 1 aromatic rings. The van der Waals surface area contributed by atoms with Crippen LogP contribution in [0.1, 0.15) is 37.9 Å². The zero-order valence-corrected chi connectivity index (χ0v) is 13.0. The standard InChI is InChI=1S/C13H16Br2N2/c1-3-5-6-7-12(16-4-2)13-11(15)8-10(14)9-17-13/h1,8-9,12,16H,4-7H2,2H3. The average Bonchev–Trinajstić information content (AvgIpc) is 2.28. The molecule has 0 saturated carbocycles. The summed E-state index contributed by atoms with van der Waals surface area (Å²) in [5.41, 5.74) is 1.05. The van der Waals surface area contributed by atoms with Gasteiger partial charge in [-0.3, -0.25) is 4.98 Å². The van der Waals surface area contributed by atoms with Gasteiger partial charge in [-0.05, 0) is 57.3 Å². The molecule has 0 aromatic carbocycles. The summed E-state index contributed by atoms with van der Waals surface area (Å²) >= 11 is 6.96. The smallest absolute Gasteiger partial charge is 0.0715 e. The molecule has 0 aliphatic heterocycles. The molecule has 92 valence electrons. The second kappa shape index (κ2) is 7.86. The highest BCUT2D eigenvalue weighted by atomic mass is 79.9. The van der Waals surface area contributed by atoms with E-state index in [0.29, 0.717) is 0 Å². The molecule has 17 heavy (non-hydrogen) atoms. The van der Waals surface area contributed by atoms with E-state index in [1.54, 1.807) is 0 Å². The first-order valence-corrected chi connectivity index (χ1v) is 7.25. The van der Waals surface area contributed by atoms with Crippen molar-refractivity contribution in [3.63, 3.8) is 0 Å². The predicted octanol–water partition coefficient (Wildman–Crippen LogP) is 4.06. The average molecular weight is 360 g/mol. The van der Waals surface area contributed by atoms with E-state index in [1.807, 2.05) is 12.3 Å². The van der Waals surface area contributed by atoms with Crippen LogP contribution in [0.15, 0.2) is 21.2 Å². The van der Waals surface area contributed by atoms with Crippen molar-refractivity contribution in [1.29, 1.82) is 0 Å². The Kier molecular flexibility index (Phi) is 6.79. The van der Waals surface area contributed by atoms with E-state index in [0.717, 1.165) is 40.4 Å². The maximum atomic E-state index is 5.28. The first-order chi connectivity index (χ1) is 8.19. The van der Waals surface area contributed by atoms with Crippen LogP contribution in [0.3, 0.4) is 0 Å². The van der Waals surface area contributed by atoms with Crippen LogP contribution in [-0.4, -0.2) is 11.5 Å². The number of hydrogen-bond acceptors (Lipinski definition) is 2. The number of nitrogens with one attached hydrogen (secondary N) is 1. The van der Waals surface area contributed by atoms with Crippen molar-refractivity contribution in [2.24, 2.45) is 0 Å². The third kappa shape index (κ3) is 4.79. The van der Waals surface area contributed by atoms with E-state index in [2.05, 4.69) is 55.0 Å². The lowest BCUT2D eigenvalue weighted by Gasteiger charge is -2.18. The highest BCUT2D eigenvalue weighted by Gasteiger charge is 2.14. The second-order valence-electron chi connectivity index (χ2n) is 3.73. The molecule has 1 unspecified atom stereocenters. The van der Waals surface area contributed by atoms with Crippen LogP contribution < -0.4 is 5.32 Å². The van der Waals surface area contributed by atoms with E-state index in [1.165, 1.54) is 0 Å². The lowest BCUT2D eigenvalue weighted by molar-refractivity contribution is 0.489. The quantitative estimate of drug-likeness (QED) is 0.612. The summed E-state index contributed by atoms with van der Waals surface area (Å²) in [5.74, 6) is 2.67. The molecular formula is C13H16Br2N2. The van der Waals surface area contributed by atoms with Gasteiger partial charge >= 0.3 is 0 Å². The fraction of sp³-hybridized carbons (Fsp3) is 0.462. The normalized spacial score (nSPS) is 12.1. The molecular weight excluding hydrogens is 344 g/mol. The van der Waals surface area contributed by atoms with Crippen LogP contribution >= 0.6 is 31.9 Å². The summed E-state index contributed by atoms with van der Waals surface area (Å²) in [6, 6.07) is 2.28. The zero-order chi connectivity index (χ0) is 12.7. The van der Waals surface area contributed by atoms with Gasteiger partial charge in [-0.25, -0.2) is 0 Å². The van der Waals surface area contributed by atoms with Gasteiger partial charge in [0.1, 0.15) is 0 Å². The number of aromatic nitrogens is 1. The molecule has 1 heterocycles. The van der Waals surface area contributed by atoms with Crippen LogP contribution in [-0.2, 0) is 0 Å². The van der Waals surface area contributed by atoms with Crippen LogP contribution in [0.5, 0.6) is 0 Å². The minimum atomic E-state index is 0.260. The van der Waals surface area contributed by atoms with Gasteiger partial charge in [0.15, 0.2) is 0 Å². The number of rotatable bonds is 6. The monoisotopic (exact) mass is 358 g/mol. The van der Waals surface area contributed by atoms with E-state index in [-0.39, 0.29) is 6.04 Å². The van der Waals surface area contributed by atoms with Crippen molar-refractivity contribution in [1.82, 2.24) is 10.3 Å². The molecule has 0 bridgehead atoms. The highest BCUT2D eigenvalue weighted by Crippen LogP contribution is 2.27. The number of unbranched alkanes of at least 4 members (excludes halogenated alkanes) is 1. The number of hydrogen-bond donors (Lipinski definition) is 1. The second-order valence-corrected chi connectivity index (χ2v) is 5.50. The SMILES string of the molecule is C#CCCCC(NCC)c1ncc(Br)cc1Br. The van der Waals surface area contributed by atoms with Gasteiger partial charge in [0.25, 0.3) is 0 Å². The number of terminal acetylenes is 1. The highest BCUT2D eigenvalue weighted by molar-refractivity contribution is 9.11. The van der Waals surface area contributed by atoms with Gasteiger partial charge < -0.3 is 5.32 Å². The maximum absolute atomic E-state index is 5.28. The van der Waals surface area contributed by atoms with Crippen LogP contribution in [0.25, 0.3) is 0 Å². The van der Waals surface area contributed by atoms with E-state index < -0.39 is 0 Å². The molecule has 2 nitrogen and oxygen atoms in total. The molecule has 4 heteroatoms. The third-order valence-corrected chi connectivity index (χ3v) is 3.50. The minimum absolute atomic E-state index is 0.260. The van der Waals surface area contributed by atoms with Crippen LogP contribution in [0.4, 0.5) is 0 Å². The van der Waals surface area contributed by atoms with Gasteiger partial charge in [-0.1, -0.05) is 6.92 Å². The molecule has 1 rings (SSSR count). The number of pyridine rings is 1. The topological polar surface area (TPSA) is 24.9 Å². The Morgan fingerprint density at radius 3 is 2.88 bits per heavy atom. The summed E-state index contributed by atoms with van der Waals surface area (Å²) in [6.07, 6.45) is 9.93. The van der Waals surface area contributed by atoms with E-state index in [4.69, 9.17) is 6.42 Å². The first-order valence-electron chi connectivity index (χ1n) is 5.66. The molecule has 0 saturated heterocycles. The van der Waals surface area contributed by atoms with Gasteiger partial charge in [0.05, 0.1) is 11.7 Å². The minimum Gasteiger partial charge on any atom is -0.309 e. The summed E-state index contributed by atoms with van der Waals surface area (Å²) in [6.45, 7) is 3.02. The Balaban J connectivity index is 2.78. The summed E-state index contributed by atoms with van der Waals surface area (Å²) in [4.78, 5) is 4.47. The van der Waals surface area contributed by atoms with E-state index in [9.17, 15) is 0 Å². The molecule has 0 aliphatic rings. The Bertz CT molecular complexity index is 399. The molecule has 0 spiro atoms. The molecule has 0 fully saturated rings. The Morgan fingerprint density at radius 2 is 2.29 bits per heavy atom. The van der Waals surface area contributed by atoms with Gasteiger partial charge in [-0.15, -0.1) is 12.3 Å². The van der Waals surface area contributed by atoms with Gasteiger partial charge in [0.2, 0.25) is 0 Å². The predicted molar refractivity (Wildman–Crippen MR) is 78.7 cm³/mol. The fourth-order valence-electron chi connectivity index (χ4n) is 1.67. The van der Waals surface area contributed by atoms with Crippen molar-refractivity contribution in [3.05, 3.63) is 26.9 Å². The van der Waals surface area contributed by atoms with E-state index >= 15 is 0 Å². The number of nitrogens with zero attached hydrogens (tertiary/aromatic N) is 1. The largest absolute Gasteiger partial charge is 0.309 e. The molecule has 0 amide bonds. The Hall–Kier alpha value is -0.370. The van der Waals surface area contributed by atoms with Crippen molar-refractivity contribution in [2.45, 2.75) is 32.2 Å². The zero-order valence-electron chi connectivity index (χ0n) is 9.84. The molecule has 1 aromatic heterocycles. The van der Waals surface area contributed by atoms with Crippen molar-refractivity contribution in [2.75, 3.05) is 6.54 Å². The molecule has 0 aliphatic carbocycles. The molecule has 0 radical (unpaired) electrons. The summed E-state index contributed by atoms with van der Waals surface area (Å²) in [5, 5.41) is 3.44.